The average Bonchev–Trinajstić information content (AvgIpc) is 2.32. The molecule has 1 saturated carbocycles. The van der Waals surface area contributed by atoms with E-state index >= 15 is 0 Å². The van der Waals surface area contributed by atoms with Gasteiger partial charge in [-0.3, -0.25) is 0 Å². The molecule has 1 aliphatic rings. The van der Waals surface area contributed by atoms with Crippen molar-refractivity contribution < 1.29 is 0 Å². The number of pyridine rings is 1. The van der Waals surface area contributed by atoms with E-state index in [1.807, 2.05) is 0 Å². The van der Waals surface area contributed by atoms with Crippen LogP contribution in [0, 0.1) is 5.92 Å². The van der Waals surface area contributed by atoms with Crippen molar-refractivity contribution in [1.29, 1.82) is 0 Å². The lowest BCUT2D eigenvalue weighted by molar-refractivity contribution is 0.321. The van der Waals surface area contributed by atoms with Gasteiger partial charge in [-0.05, 0) is 42.9 Å². The van der Waals surface area contributed by atoms with Gasteiger partial charge in [0.2, 0.25) is 0 Å². The number of hydrogen-bond donors (Lipinski definition) is 1. The van der Waals surface area contributed by atoms with Gasteiger partial charge in [0.15, 0.2) is 0 Å². The van der Waals surface area contributed by atoms with Crippen molar-refractivity contribution in [2.45, 2.75) is 39.2 Å². The van der Waals surface area contributed by atoms with Gasteiger partial charge in [-0.2, -0.15) is 0 Å². The Morgan fingerprint density at radius 1 is 1.41 bits per heavy atom. The van der Waals surface area contributed by atoms with Crippen molar-refractivity contribution in [2.24, 2.45) is 11.7 Å². The van der Waals surface area contributed by atoms with E-state index in [-0.39, 0.29) is 0 Å². The van der Waals surface area contributed by atoms with Crippen molar-refractivity contribution in [2.75, 3.05) is 18.5 Å². The van der Waals surface area contributed by atoms with Gasteiger partial charge in [0, 0.05) is 25.8 Å². The van der Waals surface area contributed by atoms with E-state index in [2.05, 4.69) is 36.0 Å². The zero-order chi connectivity index (χ0) is 12.3. The Kier molecular flexibility index (Phi) is 4.00. The predicted octanol–water partition coefficient (Wildman–Crippen LogP) is 2.34. The van der Waals surface area contributed by atoms with Gasteiger partial charge in [-0.15, -0.1) is 0 Å². The van der Waals surface area contributed by atoms with Crippen molar-refractivity contribution in [3.05, 3.63) is 23.4 Å². The molecule has 94 valence electrons. The third kappa shape index (κ3) is 2.97. The maximum absolute atomic E-state index is 5.73. The fourth-order valence-electron chi connectivity index (χ4n) is 2.28. The highest BCUT2D eigenvalue weighted by Crippen LogP contribution is 2.28. The van der Waals surface area contributed by atoms with Gasteiger partial charge >= 0.3 is 0 Å². The van der Waals surface area contributed by atoms with Gasteiger partial charge in [0.05, 0.1) is 0 Å². The number of nitrogens with two attached hydrogens (primary N) is 1. The van der Waals surface area contributed by atoms with Gasteiger partial charge in [-0.1, -0.05) is 13.3 Å². The summed E-state index contributed by atoms with van der Waals surface area (Å²) in [5.74, 6) is 1.95. The van der Waals surface area contributed by atoms with E-state index in [0.29, 0.717) is 6.54 Å². The molecule has 1 aromatic rings. The normalized spacial score (nSPS) is 15.7. The van der Waals surface area contributed by atoms with Gasteiger partial charge < -0.3 is 10.6 Å². The highest BCUT2D eigenvalue weighted by Gasteiger charge is 2.19. The van der Waals surface area contributed by atoms with Crippen LogP contribution in [0.15, 0.2) is 12.1 Å². The van der Waals surface area contributed by atoms with Crippen LogP contribution in [0.25, 0.3) is 0 Å². The van der Waals surface area contributed by atoms with Crippen LogP contribution in [0.4, 0.5) is 5.82 Å². The number of anilines is 1. The van der Waals surface area contributed by atoms with E-state index in [4.69, 9.17) is 5.73 Å². The minimum Gasteiger partial charge on any atom is -0.359 e. The molecule has 2 N–H and O–H groups in total. The number of hydrogen-bond acceptors (Lipinski definition) is 3. The summed E-state index contributed by atoms with van der Waals surface area (Å²) in [7, 11) is 2.14. The fourth-order valence-corrected chi connectivity index (χ4v) is 2.28. The van der Waals surface area contributed by atoms with Crippen LogP contribution in [-0.4, -0.2) is 18.6 Å². The molecule has 0 bridgehead atoms. The van der Waals surface area contributed by atoms with Gasteiger partial charge in [0.25, 0.3) is 0 Å². The van der Waals surface area contributed by atoms with Crippen LogP contribution in [-0.2, 0) is 13.0 Å². The second-order valence-corrected chi connectivity index (χ2v) is 5.06. The first-order valence-electron chi connectivity index (χ1n) is 6.64. The Morgan fingerprint density at radius 2 is 2.18 bits per heavy atom. The third-order valence-electron chi connectivity index (χ3n) is 3.67. The zero-order valence-corrected chi connectivity index (χ0v) is 10.9. The second kappa shape index (κ2) is 5.50. The van der Waals surface area contributed by atoms with Crippen LogP contribution in [0.1, 0.15) is 37.4 Å². The quantitative estimate of drug-likeness (QED) is 0.848. The van der Waals surface area contributed by atoms with E-state index in [1.165, 1.54) is 24.8 Å². The summed E-state index contributed by atoms with van der Waals surface area (Å²) in [5.41, 5.74) is 8.06. The van der Waals surface area contributed by atoms with Gasteiger partial charge in [0.1, 0.15) is 5.82 Å². The Balaban J connectivity index is 2.11. The third-order valence-corrected chi connectivity index (χ3v) is 3.67. The van der Waals surface area contributed by atoms with Crippen molar-refractivity contribution in [3.8, 4) is 0 Å². The lowest BCUT2D eigenvalue weighted by atomic mass is 9.85. The van der Waals surface area contributed by atoms with E-state index in [1.54, 1.807) is 0 Å². The molecule has 1 fully saturated rings. The Labute approximate surface area is 104 Å². The number of rotatable bonds is 5. The fraction of sp³-hybridized carbons (Fsp3) is 0.643. The minimum atomic E-state index is 0.597. The molecule has 0 unspecified atom stereocenters. The standard InChI is InChI=1S/C14H23N3/c1-3-13-7-12(9-15)8-14(16-13)17(2)10-11-5-4-6-11/h7-8,11H,3-6,9-10,15H2,1-2H3. The summed E-state index contributed by atoms with van der Waals surface area (Å²) >= 11 is 0. The summed E-state index contributed by atoms with van der Waals surface area (Å²) in [5, 5.41) is 0. The van der Waals surface area contributed by atoms with E-state index in [9.17, 15) is 0 Å². The second-order valence-electron chi connectivity index (χ2n) is 5.06. The molecule has 0 aromatic carbocycles. The predicted molar refractivity (Wildman–Crippen MR) is 72.1 cm³/mol. The van der Waals surface area contributed by atoms with Crippen molar-refractivity contribution in [3.63, 3.8) is 0 Å². The monoisotopic (exact) mass is 233 g/mol. The molecular weight excluding hydrogens is 210 g/mol. The highest BCUT2D eigenvalue weighted by atomic mass is 15.2. The van der Waals surface area contributed by atoms with Gasteiger partial charge in [-0.25, -0.2) is 4.98 Å². The van der Waals surface area contributed by atoms with Crippen LogP contribution in [0.5, 0.6) is 0 Å². The largest absolute Gasteiger partial charge is 0.359 e. The lowest BCUT2D eigenvalue weighted by Gasteiger charge is -2.31. The Hall–Kier alpha value is -1.09. The molecule has 3 nitrogen and oxygen atoms in total. The molecule has 0 spiro atoms. The topological polar surface area (TPSA) is 42.1 Å². The number of nitrogens with zero attached hydrogens (tertiary/aromatic N) is 2. The first-order chi connectivity index (χ1) is 8.22. The maximum atomic E-state index is 5.73. The van der Waals surface area contributed by atoms with Crippen LogP contribution >= 0.6 is 0 Å². The molecule has 0 saturated heterocycles. The van der Waals surface area contributed by atoms with Crippen LogP contribution in [0.2, 0.25) is 0 Å². The lowest BCUT2D eigenvalue weighted by Crippen LogP contribution is -2.30. The first-order valence-corrected chi connectivity index (χ1v) is 6.64. The maximum Gasteiger partial charge on any atom is 0.128 e. The van der Waals surface area contributed by atoms with Crippen molar-refractivity contribution in [1.82, 2.24) is 4.98 Å². The Bertz CT molecular complexity index is 349. The molecule has 1 heterocycles. The molecule has 17 heavy (non-hydrogen) atoms. The molecule has 2 rings (SSSR count). The smallest absolute Gasteiger partial charge is 0.128 e. The molecule has 0 radical (unpaired) electrons. The summed E-state index contributed by atoms with van der Waals surface area (Å²) in [6.07, 6.45) is 5.12. The summed E-state index contributed by atoms with van der Waals surface area (Å²) < 4.78 is 0. The SMILES string of the molecule is CCc1cc(CN)cc(N(C)CC2CCC2)n1. The molecule has 0 aliphatic heterocycles. The zero-order valence-electron chi connectivity index (χ0n) is 10.9. The highest BCUT2D eigenvalue weighted by molar-refractivity contribution is 5.42. The Morgan fingerprint density at radius 3 is 2.71 bits per heavy atom. The van der Waals surface area contributed by atoms with Crippen LogP contribution in [0.3, 0.4) is 0 Å². The van der Waals surface area contributed by atoms with Crippen molar-refractivity contribution >= 4 is 5.82 Å². The number of aromatic nitrogens is 1. The van der Waals surface area contributed by atoms with E-state index in [0.717, 1.165) is 30.4 Å². The molecular formula is C14H23N3. The van der Waals surface area contributed by atoms with Crippen LogP contribution < -0.4 is 10.6 Å². The molecule has 0 amide bonds. The summed E-state index contributed by atoms with van der Waals surface area (Å²) in [6, 6.07) is 4.23. The first kappa shape index (κ1) is 12.4. The van der Waals surface area contributed by atoms with E-state index < -0.39 is 0 Å². The minimum absolute atomic E-state index is 0.597. The molecule has 3 heteroatoms. The molecule has 0 atom stereocenters. The molecule has 1 aromatic heterocycles. The summed E-state index contributed by atoms with van der Waals surface area (Å²) in [6.45, 7) is 3.86. The number of aryl methyl sites for hydroxylation is 1. The summed E-state index contributed by atoms with van der Waals surface area (Å²) in [4.78, 5) is 6.96. The molecule has 1 aliphatic carbocycles. The average molecular weight is 233 g/mol.